The van der Waals surface area contributed by atoms with Crippen LogP contribution in [0.15, 0.2) is 168 Å². The van der Waals surface area contributed by atoms with Gasteiger partial charge in [-0.05, 0) is 119 Å². The van der Waals surface area contributed by atoms with Crippen LogP contribution < -0.4 is 10.7 Å². The molecule has 258 valence electrons. The summed E-state index contributed by atoms with van der Waals surface area (Å²) in [4.78, 5) is 17.4. The standard InChI is InChI=1S/C45H30Cl4N4/c1-27(28-4-12-32(46)13-5-28)36-20-21-39(51-36)44(30-8-16-34(48)17-9-30)40-24-25-42(53-40)45(31-10-18-35(49)19-11-31)41-23-22-38(52-41)43(37-3-2-26-50-37)29-6-14-33(47)15-7-29/h2-25,51-52H,1,26H2/b43-38-,44-40-,45-41-. The zero-order valence-corrected chi connectivity index (χ0v) is 31.2. The molecule has 4 aromatic carbocycles. The van der Waals surface area contributed by atoms with Crippen molar-refractivity contribution in [2.24, 2.45) is 9.98 Å². The highest BCUT2D eigenvalue weighted by Gasteiger charge is 2.21. The van der Waals surface area contributed by atoms with Crippen LogP contribution in [-0.2, 0) is 0 Å². The van der Waals surface area contributed by atoms with E-state index in [2.05, 4.69) is 59.1 Å². The number of aliphatic imine (C=N–C) groups is 2. The molecule has 0 spiro atoms. The highest BCUT2D eigenvalue weighted by Crippen LogP contribution is 2.34. The summed E-state index contributed by atoms with van der Waals surface area (Å²) in [6.45, 7) is 5.01. The molecule has 2 aromatic heterocycles. The third kappa shape index (κ3) is 7.33. The molecule has 0 saturated carbocycles. The van der Waals surface area contributed by atoms with Crippen molar-refractivity contribution >= 4 is 80.1 Å². The van der Waals surface area contributed by atoms with E-state index in [0.29, 0.717) is 26.6 Å². The first kappa shape index (κ1) is 34.7. The van der Waals surface area contributed by atoms with Crippen molar-refractivity contribution in [2.75, 3.05) is 6.54 Å². The van der Waals surface area contributed by atoms with E-state index in [-0.39, 0.29) is 0 Å². The minimum atomic E-state index is 0.645. The predicted octanol–water partition coefficient (Wildman–Crippen LogP) is 10.9. The van der Waals surface area contributed by atoms with Crippen LogP contribution in [0.1, 0.15) is 33.6 Å². The Bertz CT molecular complexity index is 2650. The summed E-state index contributed by atoms with van der Waals surface area (Å²) < 4.78 is 0. The number of H-pyrrole nitrogens is 2. The Hall–Kier alpha value is -5.36. The van der Waals surface area contributed by atoms with Crippen LogP contribution in [0.5, 0.6) is 0 Å². The lowest BCUT2D eigenvalue weighted by Gasteiger charge is -2.10. The maximum absolute atomic E-state index is 6.37. The second-order valence-electron chi connectivity index (χ2n) is 12.5. The Labute approximate surface area is 327 Å². The Morgan fingerprint density at radius 3 is 1.45 bits per heavy atom. The molecule has 0 bridgehead atoms. The number of nitrogens with zero attached hydrogens (tertiary/aromatic N) is 2. The van der Waals surface area contributed by atoms with E-state index in [9.17, 15) is 0 Å². The number of benzene rings is 4. The number of aromatic amines is 2. The van der Waals surface area contributed by atoms with Gasteiger partial charge in [-0.1, -0.05) is 108 Å². The zero-order chi connectivity index (χ0) is 36.5. The van der Waals surface area contributed by atoms with Gasteiger partial charge in [0.1, 0.15) is 0 Å². The van der Waals surface area contributed by atoms with Crippen molar-refractivity contribution in [3.05, 3.63) is 222 Å². The first-order valence-electron chi connectivity index (χ1n) is 16.9. The van der Waals surface area contributed by atoms with E-state index in [1.165, 1.54) is 0 Å². The first-order valence-corrected chi connectivity index (χ1v) is 18.4. The van der Waals surface area contributed by atoms with E-state index >= 15 is 0 Å². The third-order valence-electron chi connectivity index (χ3n) is 9.15. The molecule has 2 aliphatic heterocycles. The summed E-state index contributed by atoms with van der Waals surface area (Å²) in [6, 6.07) is 39.4. The summed E-state index contributed by atoms with van der Waals surface area (Å²) in [5.74, 6) is 0. The Morgan fingerprint density at radius 1 is 0.472 bits per heavy atom. The van der Waals surface area contributed by atoms with Crippen molar-refractivity contribution < 1.29 is 0 Å². The van der Waals surface area contributed by atoms with Gasteiger partial charge in [-0.15, -0.1) is 0 Å². The van der Waals surface area contributed by atoms with Gasteiger partial charge in [0.25, 0.3) is 0 Å². The molecule has 6 aromatic rings. The number of aromatic nitrogens is 2. The topological polar surface area (TPSA) is 56.3 Å². The summed E-state index contributed by atoms with van der Waals surface area (Å²) >= 11 is 25.2. The predicted molar refractivity (Wildman–Crippen MR) is 224 cm³/mol. The number of halogens is 4. The van der Waals surface area contributed by atoms with Crippen LogP contribution in [0.4, 0.5) is 0 Å². The number of allylic oxidation sites excluding steroid dienone is 3. The summed E-state index contributed by atoms with van der Waals surface area (Å²) in [5, 5.41) is 4.49. The molecule has 0 saturated heterocycles. The average molecular weight is 769 g/mol. The van der Waals surface area contributed by atoms with E-state index in [0.717, 1.165) is 83.8 Å². The van der Waals surface area contributed by atoms with Crippen molar-refractivity contribution in [3.8, 4) is 0 Å². The molecule has 0 fully saturated rings. The fourth-order valence-corrected chi connectivity index (χ4v) is 7.06. The molecule has 0 radical (unpaired) electrons. The Morgan fingerprint density at radius 2 is 0.943 bits per heavy atom. The molecule has 4 heterocycles. The number of rotatable bonds is 8. The zero-order valence-electron chi connectivity index (χ0n) is 28.2. The van der Waals surface area contributed by atoms with Gasteiger partial charge in [-0.25, -0.2) is 4.99 Å². The average Bonchev–Trinajstić information content (AvgIpc) is 4.01. The van der Waals surface area contributed by atoms with Gasteiger partial charge >= 0.3 is 0 Å². The Kier molecular flexibility index (Phi) is 9.78. The minimum absolute atomic E-state index is 0.645. The van der Waals surface area contributed by atoms with Gasteiger partial charge in [0.2, 0.25) is 0 Å². The normalized spacial score (nSPS) is 15.7. The van der Waals surface area contributed by atoms with Gasteiger partial charge in [0.05, 0.1) is 23.7 Å². The molecule has 0 atom stereocenters. The molecular weight excluding hydrogens is 738 g/mol. The molecule has 4 nitrogen and oxygen atoms in total. The van der Waals surface area contributed by atoms with Gasteiger partial charge < -0.3 is 9.97 Å². The molecule has 0 unspecified atom stereocenters. The number of nitrogens with one attached hydrogen (secondary N) is 2. The SMILES string of the molecule is C=C(c1ccc(Cl)cc1)c1ccc(/C(=C2/C=CC(C(/c3ccc(Cl)cc3)=c3/cc/c(=C(/C4=NCC=C4)c4ccc(Cl)cc4)[nH]3)=N2)c2ccc(Cl)cc2)[nH]1. The molecule has 2 aliphatic rings. The van der Waals surface area contributed by atoms with Crippen molar-refractivity contribution in [1.29, 1.82) is 0 Å². The molecule has 0 amide bonds. The second-order valence-corrected chi connectivity index (χ2v) is 14.3. The smallest absolute Gasteiger partial charge is 0.0737 e. The third-order valence-corrected chi connectivity index (χ3v) is 10.2. The molecule has 8 rings (SSSR count). The maximum atomic E-state index is 6.37. The van der Waals surface area contributed by atoms with Crippen LogP contribution >= 0.6 is 46.4 Å². The lowest BCUT2D eigenvalue weighted by Crippen LogP contribution is -2.21. The monoisotopic (exact) mass is 766 g/mol. The van der Waals surface area contributed by atoms with E-state index in [1.54, 1.807) is 0 Å². The second kappa shape index (κ2) is 14.9. The fraction of sp³-hybridized carbons (Fsp3) is 0.0222. The molecule has 53 heavy (non-hydrogen) atoms. The van der Waals surface area contributed by atoms with Crippen LogP contribution in [0, 0.1) is 0 Å². The molecular formula is C45H30Cl4N4. The minimum Gasteiger partial charge on any atom is -0.354 e. The summed E-state index contributed by atoms with van der Waals surface area (Å²) in [6.07, 6.45) is 8.23. The lowest BCUT2D eigenvalue weighted by atomic mass is 10.0. The lowest BCUT2D eigenvalue weighted by molar-refractivity contribution is 1.25. The van der Waals surface area contributed by atoms with Crippen LogP contribution in [0.2, 0.25) is 20.1 Å². The van der Waals surface area contributed by atoms with Gasteiger partial charge in [-0.3, -0.25) is 4.99 Å². The quantitative estimate of drug-likeness (QED) is 0.155. The van der Waals surface area contributed by atoms with E-state index in [1.807, 2.05) is 103 Å². The first-order chi connectivity index (χ1) is 25.8. The van der Waals surface area contributed by atoms with E-state index in [4.69, 9.17) is 56.4 Å². The fourth-order valence-electron chi connectivity index (χ4n) is 6.56. The van der Waals surface area contributed by atoms with Crippen LogP contribution in [0.3, 0.4) is 0 Å². The maximum Gasteiger partial charge on any atom is 0.0737 e. The Balaban J connectivity index is 1.30. The van der Waals surface area contributed by atoms with Gasteiger partial charge in [-0.2, -0.15) is 0 Å². The van der Waals surface area contributed by atoms with Crippen molar-refractivity contribution in [3.63, 3.8) is 0 Å². The number of hydrogen-bond donors (Lipinski definition) is 2. The van der Waals surface area contributed by atoms with E-state index < -0.39 is 0 Å². The van der Waals surface area contributed by atoms with Crippen LogP contribution in [0.25, 0.3) is 22.3 Å². The highest BCUT2D eigenvalue weighted by molar-refractivity contribution is 6.33. The van der Waals surface area contributed by atoms with Crippen molar-refractivity contribution in [1.82, 2.24) is 9.97 Å². The molecule has 0 aliphatic carbocycles. The molecule has 2 N–H and O–H groups in total. The van der Waals surface area contributed by atoms with Crippen LogP contribution in [-0.4, -0.2) is 27.9 Å². The molecule has 8 heteroatoms. The van der Waals surface area contributed by atoms with Gasteiger partial charge in [0.15, 0.2) is 0 Å². The highest BCUT2D eigenvalue weighted by atomic mass is 35.5. The number of hydrogen-bond acceptors (Lipinski definition) is 2. The summed E-state index contributed by atoms with van der Waals surface area (Å²) in [5.41, 5.74) is 11.9. The van der Waals surface area contributed by atoms with Gasteiger partial charge in [0, 0.05) is 58.9 Å². The summed E-state index contributed by atoms with van der Waals surface area (Å²) in [7, 11) is 0. The van der Waals surface area contributed by atoms with Crippen molar-refractivity contribution in [2.45, 2.75) is 0 Å². The largest absolute Gasteiger partial charge is 0.354 e.